The quantitative estimate of drug-likeness (QED) is 0.623. The number of nitrogens with one attached hydrogen (secondary N) is 2. The molecule has 5 nitrogen and oxygen atoms in total. The lowest BCUT2D eigenvalue weighted by atomic mass is 10.1. The highest BCUT2D eigenvalue weighted by atomic mass is 19.1. The number of guanidine groups is 1. The van der Waals surface area contributed by atoms with Gasteiger partial charge in [0.1, 0.15) is 5.82 Å². The van der Waals surface area contributed by atoms with Gasteiger partial charge < -0.3 is 10.1 Å². The number of benzene rings is 2. The van der Waals surface area contributed by atoms with Gasteiger partial charge in [0.2, 0.25) is 5.96 Å². The van der Waals surface area contributed by atoms with Crippen LogP contribution in [0.4, 0.5) is 10.1 Å². The molecular formula is C21H24FN3O2. The van der Waals surface area contributed by atoms with Gasteiger partial charge in [0, 0.05) is 17.9 Å². The van der Waals surface area contributed by atoms with Crippen LogP contribution in [0.15, 0.2) is 53.5 Å². The summed E-state index contributed by atoms with van der Waals surface area (Å²) >= 11 is 0. The summed E-state index contributed by atoms with van der Waals surface area (Å²) in [7, 11) is 0. The molecule has 0 aliphatic carbocycles. The van der Waals surface area contributed by atoms with E-state index in [0.717, 1.165) is 25.9 Å². The van der Waals surface area contributed by atoms with Gasteiger partial charge in [-0.3, -0.25) is 10.1 Å². The second-order valence-corrected chi connectivity index (χ2v) is 6.46. The van der Waals surface area contributed by atoms with E-state index >= 15 is 0 Å². The Balaban J connectivity index is 1.71. The molecule has 27 heavy (non-hydrogen) atoms. The number of rotatable bonds is 5. The molecule has 0 saturated carbocycles. The highest BCUT2D eigenvalue weighted by Crippen LogP contribution is 2.13. The molecule has 1 amide bonds. The van der Waals surface area contributed by atoms with Gasteiger partial charge in [0.05, 0.1) is 12.6 Å². The monoisotopic (exact) mass is 369 g/mol. The van der Waals surface area contributed by atoms with Crippen LogP contribution in [0.3, 0.4) is 0 Å². The molecule has 1 atom stereocenters. The maximum absolute atomic E-state index is 13.1. The Hall–Kier alpha value is -2.73. The van der Waals surface area contributed by atoms with Crippen LogP contribution in [0.2, 0.25) is 0 Å². The van der Waals surface area contributed by atoms with Gasteiger partial charge in [0.15, 0.2) is 0 Å². The molecule has 2 N–H and O–H groups in total. The van der Waals surface area contributed by atoms with E-state index in [0.29, 0.717) is 23.8 Å². The average molecular weight is 369 g/mol. The summed E-state index contributed by atoms with van der Waals surface area (Å²) < 4.78 is 18.7. The molecule has 1 aliphatic rings. The smallest absolute Gasteiger partial charge is 0.257 e. The molecule has 0 aromatic heterocycles. The molecule has 2 aromatic rings. The van der Waals surface area contributed by atoms with Crippen LogP contribution in [0.5, 0.6) is 0 Å². The molecule has 0 spiro atoms. The number of carbonyl (C=O) groups is 1. The van der Waals surface area contributed by atoms with Crippen molar-refractivity contribution in [1.82, 2.24) is 5.32 Å². The van der Waals surface area contributed by atoms with E-state index in [1.807, 2.05) is 12.1 Å². The summed E-state index contributed by atoms with van der Waals surface area (Å²) in [6.45, 7) is 3.27. The fourth-order valence-corrected chi connectivity index (χ4v) is 2.83. The minimum absolute atomic E-state index is 0.0655. The number of carbonyl (C=O) groups excluding carboxylic acids is 1. The standard InChI is InChI=1S/C21H24FN3O2/c1-2-15-5-7-16(8-6-15)20(26)25-21(23-14-19-4-3-13-27-19)24-18-11-9-17(22)10-12-18/h5-12,19H,2-4,13-14H2,1H3,(H2,23,24,25,26). The Labute approximate surface area is 158 Å². The van der Waals surface area contributed by atoms with Crippen molar-refractivity contribution < 1.29 is 13.9 Å². The fourth-order valence-electron chi connectivity index (χ4n) is 2.83. The first kappa shape index (κ1) is 19.0. The maximum Gasteiger partial charge on any atom is 0.257 e. The van der Waals surface area contributed by atoms with Crippen LogP contribution in [-0.2, 0) is 11.2 Å². The Bertz CT molecular complexity index is 782. The number of hydrogen-bond donors (Lipinski definition) is 2. The molecule has 0 bridgehead atoms. The minimum atomic E-state index is -0.321. The van der Waals surface area contributed by atoms with Crippen molar-refractivity contribution >= 4 is 17.6 Å². The number of hydrogen-bond acceptors (Lipinski definition) is 3. The Morgan fingerprint density at radius 2 is 1.93 bits per heavy atom. The molecule has 6 heteroatoms. The molecule has 1 fully saturated rings. The van der Waals surface area contributed by atoms with Gasteiger partial charge in [-0.25, -0.2) is 9.38 Å². The first-order chi connectivity index (χ1) is 13.1. The SMILES string of the molecule is CCc1ccc(C(=O)NC(=NCC2CCCO2)Nc2ccc(F)cc2)cc1. The van der Waals surface area contributed by atoms with Crippen molar-refractivity contribution in [3.63, 3.8) is 0 Å². The van der Waals surface area contributed by atoms with Gasteiger partial charge in [-0.1, -0.05) is 19.1 Å². The fraction of sp³-hybridized carbons (Fsp3) is 0.333. The number of ether oxygens (including phenoxy) is 1. The molecule has 2 aromatic carbocycles. The number of nitrogens with zero attached hydrogens (tertiary/aromatic N) is 1. The molecule has 1 unspecified atom stereocenters. The van der Waals surface area contributed by atoms with E-state index < -0.39 is 0 Å². The summed E-state index contributed by atoms with van der Waals surface area (Å²) in [5.41, 5.74) is 2.37. The molecule has 1 aliphatic heterocycles. The van der Waals surface area contributed by atoms with E-state index in [1.54, 1.807) is 24.3 Å². The molecule has 1 heterocycles. The normalized spacial score (nSPS) is 17.0. The predicted octanol–water partition coefficient (Wildman–Crippen LogP) is 3.77. The van der Waals surface area contributed by atoms with E-state index in [4.69, 9.17) is 4.74 Å². The largest absolute Gasteiger partial charge is 0.376 e. The third-order valence-corrected chi connectivity index (χ3v) is 4.44. The molecule has 1 saturated heterocycles. The number of halogens is 1. The third kappa shape index (κ3) is 5.62. The topological polar surface area (TPSA) is 62.7 Å². The van der Waals surface area contributed by atoms with Crippen molar-refractivity contribution in [2.45, 2.75) is 32.3 Å². The predicted molar refractivity (Wildman–Crippen MR) is 105 cm³/mol. The zero-order valence-corrected chi connectivity index (χ0v) is 15.4. The van der Waals surface area contributed by atoms with Crippen molar-refractivity contribution in [2.75, 3.05) is 18.5 Å². The lowest BCUT2D eigenvalue weighted by Gasteiger charge is -2.13. The minimum Gasteiger partial charge on any atom is -0.376 e. The summed E-state index contributed by atoms with van der Waals surface area (Å²) in [5.74, 6) is -0.251. The molecule has 142 valence electrons. The number of aryl methyl sites for hydroxylation is 1. The van der Waals surface area contributed by atoms with Gasteiger partial charge in [0.25, 0.3) is 5.91 Å². The van der Waals surface area contributed by atoms with E-state index in [1.165, 1.54) is 17.7 Å². The van der Waals surface area contributed by atoms with Crippen molar-refractivity contribution in [1.29, 1.82) is 0 Å². The molecule has 0 radical (unpaired) electrons. The third-order valence-electron chi connectivity index (χ3n) is 4.44. The van der Waals surface area contributed by atoms with E-state index in [2.05, 4.69) is 22.5 Å². The van der Waals surface area contributed by atoms with Gasteiger partial charge in [-0.2, -0.15) is 0 Å². The first-order valence-corrected chi connectivity index (χ1v) is 9.23. The second-order valence-electron chi connectivity index (χ2n) is 6.46. The van der Waals surface area contributed by atoms with Crippen LogP contribution in [0.1, 0.15) is 35.7 Å². The van der Waals surface area contributed by atoms with Crippen molar-refractivity contribution in [2.24, 2.45) is 4.99 Å². The Morgan fingerprint density at radius 1 is 1.19 bits per heavy atom. The maximum atomic E-state index is 13.1. The summed E-state index contributed by atoms with van der Waals surface area (Å²) in [6.07, 6.45) is 2.97. The summed E-state index contributed by atoms with van der Waals surface area (Å²) in [5, 5.41) is 5.86. The molecule has 3 rings (SSSR count). The van der Waals surface area contributed by atoms with Crippen LogP contribution in [0, 0.1) is 5.82 Å². The number of amides is 1. The van der Waals surface area contributed by atoms with Crippen LogP contribution in [0.25, 0.3) is 0 Å². The van der Waals surface area contributed by atoms with Crippen LogP contribution >= 0.6 is 0 Å². The van der Waals surface area contributed by atoms with Crippen LogP contribution < -0.4 is 10.6 Å². The lowest BCUT2D eigenvalue weighted by Crippen LogP contribution is -2.36. The highest BCUT2D eigenvalue weighted by molar-refractivity contribution is 6.09. The van der Waals surface area contributed by atoms with E-state index in [9.17, 15) is 9.18 Å². The number of aliphatic imine (C=N–C) groups is 1. The average Bonchev–Trinajstić information content (AvgIpc) is 3.21. The zero-order chi connectivity index (χ0) is 19.1. The zero-order valence-electron chi connectivity index (χ0n) is 15.4. The highest BCUT2D eigenvalue weighted by Gasteiger charge is 2.16. The summed E-state index contributed by atoms with van der Waals surface area (Å²) in [4.78, 5) is 17.0. The molecular weight excluding hydrogens is 345 g/mol. The summed E-state index contributed by atoms with van der Waals surface area (Å²) in [6, 6.07) is 13.4. The van der Waals surface area contributed by atoms with Crippen molar-refractivity contribution in [3.05, 3.63) is 65.5 Å². The van der Waals surface area contributed by atoms with Crippen molar-refractivity contribution in [3.8, 4) is 0 Å². The van der Waals surface area contributed by atoms with Gasteiger partial charge in [-0.15, -0.1) is 0 Å². The Kier molecular flexibility index (Phi) is 6.54. The number of anilines is 1. The van der Waals surface area contributed by atoms with Gasteiger partial charge >= 0.3 is 0 Å². The van der Waals surface area contributed by atoms with Gasteiger partial charge in [-0.05, 0) is 61.2 Å². The first-order valence-electron chi connectivity index (χ1n) is 9.23. The Morgan fingerprint density at radius 3 is 2.56 bits per heavy atom. The van der Waals surface area contributed by atoms with E-state index in [-0.39, 0.29) is 17.8 Å². The van der Waals surface area contributed by atoms with Crippen LogP contribution in [-0.4, -0.2) is 31.1 Å². The second kappa shape index (κ2) is 9.28. The lowest BCUT2D eigenvalue weighted by molar-refractivity contribution is 0.0975.